The number of nitro benzene ring substituents is 1. The molecule has 3 aromatic carbocycles. The predicted octanol–water partition coefficient (Wildman–Crippen LogP) is 4.12. The van der Waals surface area contributed by atoms with E-state index in [1.54, 1.807) is 48.5 Å². The molecule has 0 aliphatic heterocycles. The van der Waals surface area contributed by atoms with Gasteiger partial charge in [-0.2, -0.15) is 0 Å². The molecule has 0 saturated heterocycles. The topological polar surface area (TPSA) is 98.9 Å². The van der Waals surface area contributed by atoms with Gasteiger partial charge in [0.1, 0.15) is 0 Å². The van der Waals surface area contributed by atoms with E-state index in [2.05, 4.69) is 0 Å². The molecule has 0 spiro atoms. The average molecular weight is 379 g/mol. The lowest BCUT2D eigenvalue weighted by atomic mass is 10.0. The van der Waals surface area contributed by atoms with Crippen LogP contribution in [0.15, 0.2) is 66.7 Å². The lowest BCUT2D eigenvalue weighted by molar-refractivity contribution is -0.385. The zero-order chi connectivity index (χ0) is 20.1. The molecule has 0 atom stereocenters. The first kappa shape index (κ1) is 19.1. The van der Waals surface area contributed by atoms with Crippen LogP contribution < -0.4 is 9.47 Å². The van der Waals surface area contributed by atoms with Crippen molar-refractivity contribution in [3.63, 3.8) is 0 Å². The van der Waals surface area contributed by atoms with Crippen LogP contribution in [0.2, 0.25) is 0 Å². The van der Waals surface area contributed by atoms with Crippen molar-refractivity contribution in [2.75, 3.05) is 7.11 Å². The van der Waals surface area contributed by atoms with Crippen LogP contribution in [0.4, 0.5) is 5.69 Å². The maximum Gasteiger partial charge on any atom is 0.312 e. The third-order valence-corrected chi connectivity index (χ3v) is 4.08. The Labute approximate surface area is 160 Å². The highest BCUT2D eigenvalue weighted by Crippen LogP contribution is 2.37. The summed E-state index contributed by atoms with van der Waals surface area (Å²) >= 11 is 0. The number of rotatable bonds is 7. The molecule has 1 N–H and O–H groups in total. The summed E-state index contributed by atoms with van der Waals surface area (Å²) in [5.41, 5.74) is 0.900. The minimum atomic E-state index is -0.605. The summed E-state index contributed by atoms with van der Waals surface area (Å²) in [6, 6.07) is 17.3. The maximum absolute atomic E-state index is 12.6. The van der Waals surface area contributed by atoms with Crippen molar-refractivity contribution >= 4 is 11.5 Å². The summed E-state index contributed by atoms with van der Waals surface area (Å²) in [5.74, 6) is 0.236. The number of nitrogens with zero attached hydrogens (tertiary/aromatic N) is 1. The molecule has 0 saturated carbocycles. The van der Waals surface area contributed by atoms with E-state index in [4.69, 9.17) is 9.47 Å². The van der Waals surface area contributed by atoms with Gasteiger partial charge in [-0.15, -0.1) is 0 Å². The largest absolute Gasteiger partial charge is 0.493 e. The molecule has 28 heavy (non-hydrogen) atoms. The molecule has 0 radical (unpaired) electrons. The van der Waals surface area contributed by atoms with Crippen molar-refractivity contribution in [2.24, 2.45) is 0 Å². The first-order valence-electron chi connectivity index (χ1n) is 8.37. The minimum Gasteiger partial charge on any atom is -0.493 e. The number of carbonyl (C=O) groups excluding carboxylic acids is 1. The Bertz CT molecular complexity index is 1020. The van der Waals surface area contributed by atoms with E-state index in [1.807, 2.05) is 0 Å². The lowest BCUT2D eigenvalue weighted by Crippen LogP contribution is -2.03. The molecule has 3 rings (SSSR count). The van der Waals surface area contributed by atoms with Crippen LogP contribution in [0.3, 0.4) is 0 Å². The van der Waals surface area contributed by atoms with Gasteiger partial charge in [0.25, 0.3) is 0 Å². The van der Waals surface area contributed by atoms with Crippen molar-refractivity contribution in [1.82, 2.24) is 0 Å². The van der Waals surface area contributed by atoms with Crippen molar-refractivity contribution in [3.05, 3.63) is 93.5 Å². The molecule has 0 aliphatic rings. The summed E-state index contributed by atoms with van der Waals surface area (Å²) in [5, 5.41) is 20.7. The quantitative estimate of drug-likeness (QED) is 0.377. The molecule has 7 nitrogen and oxygen atoms in total. The molecule has 0 bridgehead atoms. The fraction of sp³-hybridized carbons (Fsp3) is 0.0952. The molecule has 0 fully saturated rings. The van der Waals surface area contributed by atoms with Gasteiger partial charge in [-0.05, 0) is 29.8 Å². The van der Waals surface area contributed by atoms with Gasteiger partial charge >= 0.3 is 5.69 Å². The summed E-state index contributed by atoms with van der Waals surface area (Å²) in [4.78, 5) is 23.5. The predicted molar refractivity (Wildman–Crippen MR) is 102 cm³/mol. The number of carbonyl (C=O) groups is 1. The number of benzene rings is 3. The van der Waals surface area contributed by atoms with Crippen molar-refractivity contribution < 1.29 is 24.3 Å². The first-order chi connectivity index (χ1) is 13.5. The highest BCUT2D eigenvalue weighted by molar-refractivity contribution is 6.09. The Morgan fingerprint density at radius 1 is 0.964 bits per heavy atom. The Morgan fingerprint density at radius 3 is 2.32 bits per heavy atom. The third-order valence-electron chi connectivity index (χ3n) is 4.08. The van der Waals surface area contributed by atoms with Crippen molar-refractivity contribution in [3.8, 4) is 17.2 Å². The van der Waals surface area contributed by atoms with Crippen LogP contribution in [0, 0.1) is 10.1 Å². The molecule has 7 heteroatoms. The molecular formula is C21H17NO6. The number of aliphatic hydroxyl groups excluding tert-OH is 1. The Kier molecular flexibility index (Phi) is 5.67. The zero-order valence-electron chi connectivity index (χ0n) is 15.0. The molecule has 0 amide bonds. The van der Waals surface area contributed by atoms with Crippen LogP contribution in [0.1, 0.15) is 21.5 Å². The zero-order valence-corrected chi connectivity index (χ0v) is 15.0. The summed E-state index contributed by atoms with van der Waals surface area (Å²) in [6.07, 6.45) is 0. The minimum absolute atomic E-state index is 0.0235. The lowest BCUT2D eigenvalue weighted by Gasteiger charge is -2.12. The number of methoxy groups -OCH3 is 1. The van der Waals surface area contributed by atoms with Crippen LogP contribution in [-0.4, -0.2) is 22.9 Å². The van der Waals surface area contributed by atoms with E-state index in [-0.39, 0.29) is 35.1 Å². The Morgan fingerprint density at radius 2 is 1.68 bits per heavy atom. The molecule has 3 aromatic rings. The second-order valence-electron chi connectivity index (χ2n) is 5.88. The van der Waals surface area contributed by atoms with Gasteiger partial charge in [-0.25, -0.2) is 0 Å². The Balaban J connectivity index is 1.97. The standard InChI is InChI=1S/C21H17NO6/c1-27-20-11-14(13-23)7-9-19(20)28-18-10-8-16(12-17(18)22(25)26)21(24)15-5-3-2-4-6-15/h2-12,23H,13H2,1H3. The number of ketones is 1. The molecular weight excluding hydrogens is 362 g/mol. The van der Waals surface area contributed by atoms with Gasteiger partial charge in [0.15, 0.2) is 17.3 Å². The van der Waals surface area contributed by atoms with E-state index in [0.717, 1.165) is 0 Å². The van der Waals surface area contributed by atoms with E-state index in [0.29, 0.717) is 16.9 Å². The molecule has 0 unspecified atom stereocenters. The normalized spacial score (nSPS) is 10.4. The smallest absolute Gasteiger partial charge is 0.312 e. The van der Waals surface area contributed by atoms with Crippen LogP contribution in [-0.2, 0) is 6.61 Å². The molecule has 142 valence electrons. The van der Waals surface area contributed by atoms with E-state index < -0.39 is 4.92 Å². The number of nitro groups is 1. The second-order valence-corrected chi connectivity index (χ2v) is 5.88. The number of hydrogen-bond donors (Lipinski definition) is 1. The number of hydrogen-bond acceptors (Lipinski definition) is 6. The number of aliphatic hydroxyl groups is 1. The molecule has 0 aromatic heterocycles. The van der Waals surface area contributed by atoms with Crippen molar-refractivity contribution in [2.45, 2.75) is 6.61 Å². The van der Waals surface area contributed by atoms with Gasteiger partial charge < -0.3 is 14.6 Å². The van der Waals surface area contributed by atoms with E-state index in [1.165, 1.54) is 25.3 Å². The highest BCUT2D eigenvalue weighted by Gasteiger charge is 2.21. The maximum atomic E-state index is 12.6. The monoisotopic (exact) mass is 379 g/mol. The Hall–Kier alpha value is -3.71. The first-order valence-corrected chi connectivity index (χ1v) is 8.37. The fourth-order valence-corrected chi connectivity index (χ4v) is 2.66. The van der Waals surface area contributed by atoms with E-state index >= 15 is 0 Å². The van der Waals surface area contributed by atoms with Gasteiger partial charge in [0, 0.05) is 17.2 Å². The average Bonchev–Trinajstić information content (AvgIpc) is 2.74. The second kappa shape index (κ2) is 8.32. The van der Waals surface area contributed by atoms with E-state index in [9.17, 15) is 20.0 Å². The summed E-state index contributed by atoms with van der Waals surface area (Å²) in [6.45, 7) is -0.174. The summed E-state index contributed by atoms with van der Waals surface area (Å²) in [7, 11) is 1.43. The van der Waals surface area contributed by atoms with Crippen molar-refractivity contribution in [1.29, 1.82) is 0 Å². The molecule has 0 heterocycles. The van der Waals surface area contributed by atoms with Gasteiger partial charge in [-0.1, -0.05) is 36.4 Å². The fourth-order valence-electron chi connectivity index (χ4n) is 2.66. The highest BCUT2D eigenvalue weighted by atomic mass is 16.6. The summed E-state index contributed by atoms with van der Waals surface area (Å²) < 4.78 is 10.9. The van der Waals surface area contributed by atoms with Crippen LogP contribution in [0.5, 0.6) is 17.2 Å². The number of ether oxygens (including phenoxy) is 2. The third kappa shape index (κ3) is 3.99. The van der Waals surface area contributed by atoms with Crippen LogP contribution >= 0.6 is 0 Å². The van der Waals surface area contributed by atoms with Gasteiger partial charge in [-0.3, -0.25) is 14.9 Å². The van der Waals surface area contributed by atoms with Gasteiger partial charge in [0.2, 0.25) is 5.75 Å². The molecule has 0 aliphatic carbocycles. The van der Waals surface area contributed by atoms with Crippen LogP contribution in [0.25, 0.3) is 0 Å². The van der Waals surface area contributed by atoms with Gasteiger partial charge in [0.05, 0.1) is 18.6 Å². The SMILES string of the molecule is COc1cc(CO)ccc1Oc1ccc(C(=O)c2ccccc2)cc1[N+](=O)[O-].